The van der Waals surface area contributed by atoms with Gasteiger partial charge in [-0.2, -0.15) is 8.62 Å². The molecule has 20 heteroatoms. The molecule has 0 aliphatic carbocycles. The molecule has 0 spiro atoms. The molecular formula is C10H13FN3O12P3S. The third-order valence-corrected chi connectivity index (χ3v) is 7.39. The Hall–Kier alpha value is -1.08. The van der Waals surface area contributed by atoms with Gasteiger partial charge in [-0.1, -0.05) is 5.92 Å². The van der Waals surface area contributed by atoms with Gasteiger partial charge in [0.05, 0.1) is 0 Å². The van der Waals surface area contributed by atoms with Crippen molar-refractivity contribution >= 4 is 41.5 Å². The third-order valence-electron chi connectivity index (χ3n) is 3.29. The maximum Gasteiger partial charge on any atom is 0.490 e. The van der Waals surface area contributed by atoms with E-state index in [-0.39, 0.29) is 10.6 Å². The van der Waals surface area contributed by atoms with E-state index < -0.39 is 47.8 Å². The number of aromatic nitrogens is 2. The van der Waals surface area contributed by atoms with Crippen molar-refractivity contribution in [3.8, 4) is 12.3 Å². The molecule has 1 aliphatic rings. The number of nitrogens with zero attached hydrogens (tertiary/aromatic N) is 2. The van der Waals surface area contributed by atoms with E-state index in [2.05, 4.69) is 18.1 Å². The number of nitrogen functional groups attached to an aromatic ring is 1. The molecule has 1 aromatic rings. The number of aliphatic hydroxyl groups is 1. The highest BCUT2D eigenvalue weighted by Crippen LogP contribution is 2.67. The number of ether oxygens (including phenoxy) is 1. The Morgan fingerprint density at radius 2 is 1.90 bits per heavy atom. The number of anilines is 1. The fraction of sp³-hybridized carbons (Fsp3) is 0.400. The van der Waals surface area contributed by atoms with Crippen LogP contribution in [-0.4, -0.2) is 52.3 Å². The molecule has 6 atom stereocenters. The van der Waals surface area contributed by atoms with Crippen molar-refractivity contribution in [2.45, 2.75) is 24.3 Å². The van der Waals surface area contributed by atoms with Crippen molar-refractivity contribution in [3.63, 3.8) is 0 Å². The summed E-state index contributed by atoms with van der Waals surface area (Å²) in [5, 5.41) is 10.1. The average Bonchev–Trinajstić information content (AvgIpc) is 2.76. The van der Waals surface area contributed by atoms with Crippen LogP contribution in [0.2, 0.25) is 0 Å². The van der Waals surface area contributed by atoms with Gasteiger partial charge in [-0.15, -0.1) is 6.42 Å². The van der Waals surface area contributed by atoms with Crippen LogP contribution in [0.25, 0.3) is 0 Å². The average molecular weight is 511 g/mol. The van der Waals surface area contributed by atoms with E-state index in [0.717, 1.165) is 16.8 Å². The Bertz CT molecular complexity index is 1070. The van der Waals surface area contributed by atoms with Gasteiger partial charge in [0.15, 0.2) is 12.3 Å². The molecule has 2 rings (SSSR count). The highest BCUT2D eigenvalue weighted by molar-refractivity contribution is 7.71. The van der Waals surface area contributed by atoms with Crippen molar-refractivity contribution in [3.05, 3.63) is 17.0 Å². The normalized spacial score (nSPS) is 30.9. The Morgan fingerprint density at radius 3 is 2.40 bits per heavy atom. The first kappa shape index (κ1) is 25.2. The lowest BCUT2D eigenvalue weighted by Crippen LogP contribution is -2.41. The first-order chi connectivity index (χ1) is 13.5. The summed E-state index contributed by atoms with van der Waals surface area (Å²) in [5.74, 6) is 1.53. The number of rotatable bonds is 7. The summed E-state index contributed by atoms with van der Waals surface area (Å²) in [6.07, 6.45) is -0.645. The molecule has 2 heterocycles. The van der Waals surface area contributed by atoms with E-state index in [1.54, 1.807) is 5.92 Å². The first-order valence-electron chi connectivity index (χ1n) is 7.17. The maximum atomic E-state index is 15.2. The van der Waals surface area contributed by atoms with Crippen LogP contribution < -0.4 is 5.73 Å². The summed E-state index contributed by atoms with van der Waals surface area (Å²) < 4.78 is 65.8. The van der Waals surface area contributed by atoms with Crippen LogP contribution >= 0.6 is 35.7 Å². The van der Waals surface area contributed by atoms with Crippen LogP contribution in [0.1, 0.15) is 6.23 Å². The minimum atomic E-state index is -5.86. The van der Waals surface area contributed by atoms with Gasteiger partial charge in [0.2, 0.25) is 16.7 Å². The maximum absolute atomic E-state index is 15.2. The molecule has 7 N–H and O–H groups in total. The summed E-state index contributed by atoms with van der Waals surface area (Å²) in [4.78, 5) is 39.3. The van der Waals surface area contributed by atoms with Gasteiger partial charge in [-0.3, -0.25) is 9.09 Å². The number of terminal acetylenes is 1. The van der Waals surface area contributed by atoms with Crippen molar-refractivity contribution in [1.29, 1.82) is 0 Å². The number of phosphoric acid groups is 3. The standard InChI is InChI=1S/C10H13FN3O12P3S/c1-2-10(11)6(15)7(23-8(10)14-4-3-5(12)13-9(14)30)24-28(19,20)26-29(21,22)25-27(16,17)18/h1,3-4,6-8,15H,(H,19,20)(H,21,22)(H2,12,13,30)(H2,16,17,18)/t6-,7+,8+,10?/m0/s1. The highest BCUT2D eigenvalue weighted by Gasteiger charge is 2.60. The molecule has 0 radical (unpaired) electrons. The van der Waals surface area contributed by atoms with E-state index in [1.807, 2.05) is 0 Å². The Balaban J connectivity index is 2.30. The van der Waals surface area contributed by atoms with Crippen LogP contribution in [0.15, 0.2) is 12.3 Å². The second-order valence-corrected chi connectivity index (χ2v) is 10.2. The number of alkyl halides is 1. The predicted octanol–water partition coefficient (Wildman–Crippen LogP) is 0.0954. The molecule has 1 aromatic heterocycles. The highest BCUT2D eigenvalue weighted by atomic mass is 32.1. The third kappa shape index (κ3) is 5.78. The molecule has 1 aliphatic heterocycles. The molecule has 1 saturated heterocycles. The number of aliphatic hydroxyl groups excluding tert-OH is 1. The van der Waals surface area contributed by atoms with Crippen LogP contribution in [0.4, 0.5) is 10.2 Å². The molecule has 0 bridgehead atoms. The van der Waals surface area contributed by atoms with E-state index in [4.69, 9.17) is 43.8 Å². The summed E-state index contributed by atoms with van der Waals surface area (Å²) in [6.45, 7) is 0. The van der Waals surface area contributed by atoms with E-state index >= 15 is 4.39 Å². The minimum absolute atomic E-state index is 0.0511. The zero-order valence-corrected chi connectivity index (χ0v) is 17.7. The number of phosphoric ester groups is 1. The summed E-state index contributed by atoms with van der Waals surface area (Å²) in [5.41, 5.74) is 2.30. The Labute approximate surface area is 171 Å². The monoisotopic (exact) mass is 511 g/mol. The summed E-state index contributed by atoms with van der Waals surface area (Å²) >= 11 is 4.88. The zero-order valence-electron chi connectivity index (χ0n) is 14.2. The van der Waals surface area contributed by atoms with Crippen molar-refractivity contribution < 1.29 is 60.6 Å². The SMILES string of the molecule is C#CC1(F)[C@@H](O)[C@@H](OP(=O)(O)OP(=O)(O)OP(=O)(O)O)O[C@H]1n1ccc(N)nc1=S. The second kappa shape index (κ2) is 8.45. The molecule has 3 unspecified atom stereocenters. The molecule has 0 saturated carbocycles. The van der Waals surface area contributed by atoms with Gasteiger partial charge >= 0.3 is 23.5 Å². The number of halogens is 1. The predicted molar refractivity (Wildman–Crippen MR) is 95.0 cm³/mol. The lowest BCUT2D eigenvalue weighted by Gasteiger charge is -2.24. The fourth-order valence-corrected chi connectivity index (χ4v) is 5.54. The minimum Gasteiger partial charge on any atom is -0.384 e. The smallest absolute Gasteiger partial charge is 0.384 e. The Morgan fingerprint density at radius 1 is 1.30 bits per heavy atom. The van der Waals surface area contributed by atoms with Crippen LogP contribution in [-0.2, 0) is 31.6 Å². The molecular weight excluding hydrogens is 498 g/mol. The van der Waals surface area contributed by atoms with Gasteiger partial charge in [0, 0.05) is 6.20 Å². The van der Waals surface area contributed by atoms with Gasteiger partial charge < -0.3 is 35.2 Å². The lowest BCUT2D eigenvalue weighted by molar-refractivity contribution is -0.134. The quantitative estimate of drug-likeness (QED) is 0.162. The largest absolute Gasteiger partial charge is 0.490 e. The van der Waals surface area contributed by atoms with Gasteiger partial charge in [-0.25, -0.2) is 23.1 Å². The number of nitrogens with two attached hydrogens (primary N) is 1. The molecule has 168 valence electrons. The topological polar surface area (TPSA) is 233 Å². The van der Waals surface area contributed by atoms with Gasteiger partial charge in [0.1, 0.15) is 5.82 Å². The van der Waals surface area contributed by atoms with Crippen molar-refractivity contribution in [2.75, 3.05) is 5.73 Å². The molecule has 30 heavy (non-hydrogen) atoms. The van der Waals surface area contributed by atoms with Crippen LogP contribution in [0, 0.1) is 17.1 Å². The first-order valence-corrected chi connectivity index (χ1v) is 12.1. The molecule has 0 amide bonds. The van der Waals surface area contributed by atoms with Crippen LogP contribution in [0.5, 0.6) is 0 Å². The Kier molecular flexibility index (Phi) is 7.10. The molecule has 15 nitrogen and oxygen atoms in total. The summed E-state index contributed by atoms with van der Waals surface area (Å²) in [6, 6.07) is 1.16. The van der Waals surface area contributed by atoms with E-state index in [0.29, 0.717) is 0 Å². The van der Waals surface area contributed by atoms with Gasteiger partial charge in [0.25, 0.3) is 0 Å². The van der Waals surface area contributed by atoms with Crippen LogP contribution in [0.3, 0.4) is 0 Å². The van der Waals surface area contributed by atoms with E-state index in [1.165, 1.54) is 0 Å². The lowest BCUT2D eigenvalue weighted by atomic mass is 10.00. The number of hydrogen-bond acceptors (Lipinski definition) is 11. The second-order valence-electron chi connectivity index (χ2n) is 5.45. The van der Waals surface area contributed by atoms with Crippen molar-refractivity contribution in [2.24, 2.45) is 0 Å². The van der Waals surface area contributed by atoms with E-state index in [9.17, 15) is 23.7 Å². The molecule has 1 fully saturated rings. The van der Waals surface area contributed by atoms with Crippen molar-refractivity contribution in [1.82, 2.24) is 9.55 Å². The van der Waals surface area contributed by atoms with Gasteiger partial charge in [-0.05, 0) is 18.3 Å². The summed E-state index contributed by atoms with van der Waals surface area (Å²) in [7, 11) is -17.3. The number of hydrogen-bond donors (Lipinski definition) is 6. The zero-order chi connectivity index (χ0) is 23.1. The fourth-order valence-electron chi connectivity index (χ4n) is 2.19. The molecule has 0 aromatic carbocycles.